The van der Waals surface area contributed by atoms with Gasteiger partial charge in [0.15, 0.2) is 0 Å². The SMILES string of the molecule is CCCCCCCC(CC)CN(CC(CC)CCCC)c1cc(NC(=O)C(CC)CCCC)c(NC2=C(Cl)CC([N+](=O)[O-])C=C2Cl)cc1OC. The lowest BCUT2D eigenvalue weighted by molar-refractivity contribution is -0.508. The molecular weight excluding hydrogens is 671 g/mol. The Morgan fingerprint density at radius 2 is 1.48 bits per heavy atom. The van der Waals surface area contributed by atoms with Gasteiger partial charge in [-0.3, -0.25) is 14.9 Å². The third-order valence-electron chi connectivity index (χ3n) is 10.2. The second-order valence-corrected chi connectivity index (χ2v) is 14.9. The van der Waals surface area contributed by atoms with E-state index in [-0.39, 0.29) is 33.2 Å². The van der Waals surface area contributed by atoms with E-state index in [9.17, 15) is 14.9 Å². The fourth-order valence-electron chi connectivity index (χ4n) is 6.79. The number of rotatable bonds is 26. The number of anilines is 3. The molecule has 1 aliphatic rings. The third kappa shape index (κ3) is 13.9. The van der Waals surface area contributed by atoms with Crippen LogP contribution in [0.25, 0.3) is 0 Å². The average molecular weight is 738 g/mol. The smallest absolute Gasteiger partial charge is 0.238 e. The van der Waals surface area contributed by atoms with Crippen molar-refractivity contribution in [1.29, 1.82) is 0 Å². The van der Waals surface area contributed by atoms with Gasteiger partial charge in [-0.1, -0.05) is 135 Å². The first kappa shape index (κ1) is 43.7. The Balaban J connectivity index is 2.65. The van der Waals surface area contributed by atoms with E-state index in [0.717, 1.165) is 57.3 Å². The van der Waals surface area contributed by atoms with Crippen molar-refractivity contribution in [3.05, 3.63) is 44.1 Å². The molecule has 0 saturated heterocycles. The van der Waals surface area contributed by atoms with E-state index in [1.807, 2.05) is 12.1 Å². The molecule has 1 aliphatic carbocycles. The predicted molar refractivity (Wildman–Crippen MR) is 213 cm³/mol. The number of unbranched alkanes of at least 4 members (excludes halogenated alkanes) is 6. The molecule has 0 aromatic heterocycles. The summed E-state index contributed by atoms with van der Waals surface area (Å²) in [6.07, 6.45) is 18.2. The summed E-state index contributed by atoms with van der Waals surface area (Å²) in [7, 11) is 1.68. The molecule has 2 rings (SSSR count). The van der Waals surface area contributed by atoms with E-state index < -0.39 is 6.04 Å². The van der Waals surface area contributed by atoms with Gasteiger partial charge in [-0.2, -0.15) is 0 Å². The van der Waals surface area contributed by atoms with Gasteiger partial charge in [0.05, 0.1) is 46.4 Å². The van der Waals surface area contributed by atoms with Crippen molar-refractivity contribution in [1.82, 2.24) is 0 Å². The maximum atomic E-state index is 13.8. The van der Waals surface area contributed by atoms with Gasteiger partial charge in [0.2, 0.25) is 11.9 Å². The van der Waals surface area contributed by atoms with Gasteiger partial charge in [-0.05, 0) is 43.6 Å². The van der Waals surface area contributed by atoms with Crippen LogP contribution in [0.3, 0.4) is 0 Å². The van der Waals surface area contributed by atoms with Crippen LogP contribution in [0.4, 0.5) is 17.1 Å². The summed E-state index contributed by atoms with van der Waals surface area (Å²) in [4.78, 5) is 27.4. The normalized spacial score (nSPS) is 16.4. The lowest BCUT2D eigenvalue weighted by Crippen LogP contribution is -2.34. The molecule has 8 nitrogen and oxygen atoms in total. The average Bonchev–Trinajstić information content (AvgIpc) is 3.10. The zero-order chi connectivity index (χ0) is 37.1. The minimum Gasteiger partial charge on any atom is -0.495 e. The summed E-state index contributed by atoms with van der Waals surface area (Å²) in [5, 5.41) is 18.6. The molecule has 0 bridgehead atoms. The molecule has 1 amide bonds. The maximum absolute atomic E-state index is 13.8. The van der Waals surface area contributed by atoms with Crippen LogP contribution >= 0.6 is 23.2 Å². The van der Waals surface area contributed by atoms with Crippen LogP contribution in [0.1, 0.15) is 144 Å². The Morgan fingerprint density at radius 3 is 2.02 bits per heavy atom. The monoisotopic (exact) mass is 736 g/mol. The van der Waals surface area contributed by atoms with Crippen molar-refractivity contribution in [2.24, 2.45) is 17.8 Å². The molecule has 0 spiro atoms. The van der Waals surface area contributed by atoms with Crippen molar-refractivity contribution < 1.29 is 14.5 Å². The van der Waals surface area contributed by atoms with Gasteiger partial charge in [0.25, 0.3) is 0 Å². The Bertz CT molecular complexity index is 1250. The molecule has 0 radical (unpaired) electrons. The van der Waals surface area contributed by atoms with Gasteiger partial charge in [-0.25, -0.2) is 0 Å². The second-order valence-electron chi connectivity index (χ2n) is 14.1. The van der Waals surface area contributed by atoms with Crippen LogP contribution in [0.2, 0.25) is 0 Å². The molecule has 10 heteroatoms. The van der Waals surface area contributed by atoms with E-state index >= 15 is 0 Å². The van der Waals surface area contributed by atoms with Crippen molar-refractivity contribution in [2.75, 3.05) is 35.7 Å². The minimum atomic E-state index is -0.994. The fourth-order valence-corrected chi connectivity index (χ4v) is 7.45. The van der Waals surface area contributed by atoms with Crippen LogP contribution in [0.15, 0.2) is 34.0 Å². The van der Waals surface area contributed by atoms with Crippen molar-refractivity contribution in [2.45, 2.75) is 150 Å². The number of benzene rings is 1. The molecule has 4 unspecified atom stereocenters. The highest BCUT2D eigenvalue weighted by molar-refractivity contribution is 6.36. The molecule has 284 valence electrons. The lowest BCUT2D eigenvalue weighted by Gasteiger charge is -2.34. The van der Waals surface area contributed by atoms with E-state index in [4.69, 9.17) is 27.9 Å². The maximum Gasteiger partial charge on any atom is 0.238 e. The lowest BCUT2D eigenvalue weighted by atomic mass is 9.94. The highest BCUT2D eigenvalue weighted by atomic mass is 35.5. The minimum absolute atomic E-state index is 0.0275. The summed E-state index contributed by atoms with van der Waals surface area (Å²) in [5.41, 5.74) is 2.53. The topological polar surface area (TPSA) is 96.7 Å². The first-order valence-corrected chi connectivity index (χ1v) is 20.3. The molecule has 1 aromatic carbocycles. The Kier molecular flexibility index (Phi) is 20.9. The van der Waals surface area contributed by atoms with Gasteiger partial charge >= 0.3 is 0 Å². The summed E-state index contributed by atoms with van der Waals surface area (Å²) in [6.45, 7) is 15.1. The standard InChI is InChI=1S/C40H66Cl2N4O4/c1-8-14-17-18-19-21-30(12-5)28-45(27-29(11-4)20-15-9-2)37-25-35(44-40(47)31(13-6)22-16-10-3)36(26-38(37)50-7)43-39-33(41)23-32(46(48)49)24-34(39)42/h23,25-26,29-32,43H,8-22,24,27-28H2,1-7H3,(H,44,47). The van der Waals surface area contributed by atoms with Crippen molar-refractivity contribution >= 4 is 46.2 Å². The Hall–Kier alpha value is -2.45. The number of hydrogen-bond acceptors (Lipinski definition) is 6. The number of halogens is 2. The number of carbonyl (C=O) groups excluding carboxylic acids is 1. The van der Waals surface area contributed by atoms with Crippen LogP contribution in [0.5, 0.6) is 5.75 Å². The number of amides is 1. The van der Waals surface area contributed by atoms with E-state index in [0.29, 0.717) is 34.7 Å². The van der Waals surface area contributed by atoms with Gasteiger partial charge < -0.3 is 20.3 Å². The van der Waals surface area contributed by atoms with Gasteiger partial charge in [-0.15, -0.1) is 0 Å². The van der Waals surface area contributed by atoms with Gasteiger partial charge in [0.1, 0.15) is 5.75 Å². The first-order valence-electron chi connectivity index (χ1n) is 19.5. The molecule has 0 saturated carbocycles. The highest BCUT2D eigenvalue weighted by Crippen LogP contribution is 2.42. The molecule has 2 N–H and O–H groups in total. The van der Waals surface area contributed by atoms with E-state index in [2.05, 4.69) is 57.1 Å². The summed E-state index contributed by atoms with van der Waals surface area (Å²) >= 11 is 13.2. The highest BCUT2D eigenvalue weighted by Gasteiger charge is 2.29. The number of nitrogens with zero attached hydrogens (tertiary/aromatic N) is 2. The number of carbonyl (C=O) groups is 1. The number of methoxy groups -OCH3 is 1. The van der Waals surface area contributed by atoms with Crippen LogP contribution in [-0.2, 0) is 4.79 Å². The number of hydrogen-bond donors (Lipinski definition) is 2. The summed E-state index contributed by atoms with van der Waals surface area (Å²) in [5.74, 6) is 1.59. The molecular formula is C40H66Cl2N4O4. The zero-order valence-electron chi connectivity index (χ0n) is 32.1. The van der Waals surface area contributed by atoms with E-state index in [1.165, 1.54) is 63.9 Å². The number of ether oxygens (including phenoxy) is 1. The zero-order valence-corrected chi connectivity index (χ0v) is 33.6. The third-order valence-corrected chi connectivity index (χ3v) is 10.9. The van der Waals surface area contributed by atoms with Crippen molar-refractivity contribution in [3.8, 4) is 5.75 Å². The summed E-state index contributed by atoms with van der Waals surface area (Å²) < 4.78 is 6.10. The second kappa shape index (κ2) is 23.9. The number of allylic oxidation sites excluding steroid dienone is 1. The van der Waals surface area contributed by atoms with Crippen molar-refractivity contribution in [3.63, 3.8) is 0 Å². The molecule has 0 heterocycles. The largest absolute Gasteiger partial charge is 0.495 e. The molecule has 1 aromatic rings. The fraction of sp³-hybridized carbons (Fsp3) is 0.725. The van der Waals surface area contributed by atoms with E-state index in [1.54, 1.807) is 7.11 Å². The molecule has 50 heavy (non-hydrogen) atoms. The molecule has 4 atom stereocenters. The van der Waals surface area contributed by atoms with Crippen LogP contribution in [0, 0.1) is 27.9 Å². The number of nitro groups is 1. The van der Waals surface area contributed by atoms with Gasteiger partial charge in [0, 0.05) is 36.1 Å². The summed E-state index contributed by atoms with van der Waals surface area (Å²) in [6, 6.07) is 2.96. The van der Waals surface area contributed by atoms with Crippen LogP contribution < -0.4 is 20.3 Å². The first-order chi connectivity index (χ1) is 24.1. The molecule has 0 aliphatic heterocycles. The quantitative estimate of drug-likeness (QED) is 0.0558. The Morgan fingerprint density at radius 1 is 0.880 bits per heavy atom. The predicted octanol–water partition coefficient (Wildman–Crippen LogP) is 12.3. The number of nitrogens with one attached hydrogen (secondary N) is 2. The molecule has 0 fully saturated rings. The van der Waals surface area contributed by atoms with Crippen LogP contribution in [-0.4, -0.2) is 37.1 Å². The Labute approximate surface area is 313 Å².